The van der Waals surface area contributed by atoms with E-state index in [1.165, 1.54) is 12.0 Å². The molecule has 0 spiro atoms. The van der Waals surface area contributed by atoms with E-state index >= 15 is 0 Å². The minimum Gasteiger partial charge on any atom is -0.507 e. The normalized spacial score (nSPS) is 17.2. The molecule has 174 valence electrons. The summed E-state index contributed by atoms with van der Waals surface area (Å²) < 4.78 is 11.0. The van der Waals surface area contributed by atoms with Gasteiger partial charge in [-0.2, -0.15) is 0 Å². The van der Waals surface area contributed by atoms with E-state index in [1.807, 2.05) is 51.1 Å². The fraction of sp³-hybridized carbons (Fsp3) is 0.214. The summed E-state index contributed by atoms with van der Waals surface area (Å²) in [6.45, 7) is 5.60. The number of benzene rings is 3. The first-order chi connectivity index (χ1) is 16.3. The zero-order chi connectivity index (χ0) is 24.6. The SMILES string of the molecule is COc1cc(C)c(/C(O)=C2\C(=O)C(=O)N(c3cccc(C)c3)C2c2ccccc2OC)cc1C. The van der Waals surface area contributed by atoms with Crippen molar-refractivity contribution in [1.82, 2.24) is 0 Å². The molecule has 6 heteroatoms. The number of aliphatic hydroxyl groups is 1. The second-order valence-corrected chi connectivity index (χ2v) is 8.39. The Kier molecular flexibility index (Phi) is 6.16. The quantitative estimate of drug-likeness (QED) is 0.322. The standard InChI is InChI=1S/C28H27NO5/c1-16-9-8-10-19(13-16)29-25(20-11-6-7-12-22(20)33-4)24(27(31)28(29)32)26(30)21-14-18(3)23(34-5)15-17(21)2/h6-15,25,30H,1-5H3/b26-24+. The summed E-state index contributed by atoms with van der Waals surface area (Å²) in [6.07, 6.45) is 0. The molecule has 3 aromatic rings. The Morgan fingerprint density at radius 2 is 1.56 bits per heavy atom. The minimum atomic E-state index is -0.861. The number of ketones is 1. The number of para-hydroxylation sites is 1. The largest absolute Gasteiger partial charge is 0.507 e. The number of Topliss-reactive ketones (excluding diaryl/α,β-unsaturated/α-hetero) is 1. The molecule has 3 aromatic carbocycles. The Morgan fingerprint density at radius 1 is 0.853 bits per heavy atom. The molecule has 1 amide bonds. The molecule has 0 aromatic heterocycles. The molecule has 0 radical (unpaired) electrons. The molecule has 1 heterocycles. The molecule has 34 heavy (non-hydrogen) atoms. The van der Waals surface area contributed by atoms with Crippen LogP contribution in [0.2, 0.25) is 0 Å². The molecule has 1 saturated heterocycles. The van der Waals surface area contributed by atoms with Crippen LogP contribution in [0.1, 0.15) is 33.9 Å². The summed E-state index contributed by atoms with van der Waals surface area (Å²) >= 11 is 0. The van der Waals surface area contributed by atoms with Crippen LogP contribution in [0.15, 0.2) is 66.2 Å². The fourth-order valence-electron chi connectivity index (χ4n) is 4.47. The number of ether oxygens (including phenoxy) is 2. The van der Waals surface area contributed by atoms with E-state index in [9.17, 15) is 14.7 Å². The maximum absolute atomic E-state index is 13.4. The Hall–Kier alpha value is -4.06. The van der Waals surface area contributed by atoms with Crippen LogP contribution in [0.3, 0.4) is 0 Å². The maximum atomic E-state index is 13.4. The van der Waals surface area contributed by atoms with Crippen LogP contribution in [0.4, 0.5) is 5.69 Å². The maximum Gasteiger partial charge on any atom is 0.300 e. The third-order valence-electron chi connectivity index (χ3n) is 6.15. The first-order valence-corrected chi connectivity index (χ1v) is 10.9. The minimum absolute atomic E-state index is 0.0173. The second-order valence-electron chi connectivity index (χ2n) is 8.39. The second kappa shape index (κ2) is 9.06. The van der Waals surface area contributed by atoms with E-state index in [1.54, 1.807) is 37.4 Å². The van der Waals surface area contributed by atoms with Crippen molar-refractivity contribution in [2.75, 3.05) is 19.1 Å². The van der Waals surface area contributed by atoms with E-state index in [0.29, 0.717) is 28.3 Å². The highest BCUT2D eigenvalue weighted by molar-refractivity contribution is 6.51. The lowest BCUT2D eigenvalue weighted by atomic mass is 9.92. The zero-order valence-electron chi connectivity index (χ0n) is 19.9. The molecule has 1 atom stereocenters. The van der Waals surface area contributed by atoms with Crippen LogP contribution in [-0.2, 0) is 9.59 Å². The molecule has 1 aliphatic rings. The van der Waals surface area contributed by atoms with Crippen LogP contribution in [0, 0.1) is 20.8 Å². The summed E-state index contributed by atoms with van der Waals surface area (Å²) in [4.78, 5) is 28.2. The van der Waals surface area contributed by atoms with Gasteiger partial charge in [-0.15, -0.1) is 0 Å². The summed E-state index contributed by atoms with van der Waals surface area (Å²) in [7, 11) is 3.12. The van der Waals surface area contributed by atoms with Gasteiger partial charge in [0.1, 0.15) is 17.3 Å². The van der Waals surface area contributed by atoms with Gasteiger partial charge in [0.05, 0.1) is 25.8 Å². The molecule has 1 fully saturated rings. The average molecular weight is 458 g/mol. The third-order valence-corrected chi connectivity index (χ3v) is 6.15. The number of hydrogen-bond donors (Lipinski definition) is 1. The molecule has 0 aliphatic carbocycles. The molecule has 0 saturated carbocycles. The number of carbonyl (C=O) groups is 2. The first-order valence-electron chi connectivity index (χ1n) is 10.9. The number of aliphatic hydroxyl groups excluding tert-OH is 1. The Labute approximate surface area is 199 Å². The highest BCUT2D eigenvalue weighted by Crippen LogP contribution is 2.45. The van der Waals surface area contributed by atoms with Gasteiger partial charge < -0.3 is 14.6 Å². The van der Waals surface area contributed by atoms with Crippen LogP contribution < -0.4 is 14.4 Å². The van der Waals surface area contributed by atoms with E-state index in [4.69, 9.17) is 9.47 Å². The van der Waals surface area contributed by atoms with Crippen molar-refractivity contribution in [2.45, 2.75) is 26.8 Å². The lowest BCUT2D eigenvalue weighted by molar-refractivity contribution is -0.132. The van der Waals surface area contributed by atoms with Crippen molar-refractivity contribution in [3.8, 4) is 11.5 Å². The van der Waals surface area contributed by atoms with Gasteiger partial charge in [0.25, 0.3) is 11.7 Å². The Morgan fingerprint density at radius 3 is 2.24 bits per heavy atom. The van der Waals surface area contributed by atoms with Gasteiger partial charge in [0, 0.05) is 16.8 Å². The summed E-state index contributed by atoms with van der Waals surface area (Å²) in [5.41, 5.74) is 4.13. The Balaban J connectivity index is 2.02. The average Bonchev–Trinajstić information content (AvgIpc) is 3.10. The highest BCUT2D eigenvalue weighted by Gasteiger charge is 2.48. The number of hydrogen-bond acceptors (Lipinski definition) is 5. The van der Waals surface area contributed by atoms with Crippen molar-refractivity contribution in [3.05, 3.63) is 94.1 Å². The predicted octanol–water partition coefficient (Wildman–Crippen LogP) is 5.26. The predicted molar refractivity (Wildman–Crippen MR) is 131 cm³/mol. The summed E-state index contributed by atoms with van der Waals surface area (Å²) in [5.74, 6) is -0.488. The number of nitrogens with zero attached hydrogens (tertiary/aromatic N) is 1. The number of methoxy groups -OCH3 is 2. The van der Waals surface area contributed by atoms with E-state index in [0.717, 1.165) is 16.7 Å². The molecule has 0 bridgehead atoms. The smallest absolute Gasteiger partial charge is 0.300 e. The summed E-state index contributed by atoms with van der Waals surface area (Å²) in [5, 5.41) is 11.5. The molecular formula is C28H27NO5. The molecule has 1 N–H and O–H groups in total. The van der Waals surface area contributed by atoms with Gasteiger partial charge in [0.15, 0.2) is 0 Å². The molecule has 1 unspecified atom stereocenters. The highest BCUT2D eigenvalue weighted by atomic mass is 16.5. The van der Waals surface area contributed by atoms with Gasteiger partial charge in [-0.1, -0.05) is 30.3 Å². The lowest BCUT2D eigenvalue weighted by Gasteiger charge is -2.27. The van der Waals surface area contributed by atoms with Crippen molar-refractivity contribution in [3.63, 3.8) is 0 Å². The van der Waals surface area contributed by atoms with Crippen LogP contribution >= 0.6 is 0 Å². The number of carbonyl (C=O) groups excluding carboxylic acids is 2. The fourth-order valence-corrected chi connectivity index (χ4v) is 4.47. The van der Waals surface area contributed by atoms with Gasteiger partial charge in [0.2, 0.25) is 0 Å². The van der Waals surface area contributed by atoms with Crippen molar-refractivity contribution in [2.24, 2.45) is 0 Å². The Bertz CT molecular complexity index is 1320. The van der Waals surface area contributed by atoms with Crippen LogP contribution in [0.5, 0.6) is 11.5 Å². The van der Waals surface area contributed by atoms with E-state index in [2.05, 4.69) is 0 Å². The van der Waals surface area contributed by atoms with Gasteiger partial charge in [-0.05, 0) is 67.8 Å². The third kappa shape index (κ3) is 3.81. The first kappa shape index (κ1) is 23.1. The molecular weight excluding hydrogens is 430 g/mol. The number of aryl methyl sites for hydroxylation is 3. The van der Waals surface area contributed by atoms with Crippen molar-refractivity contribution >= 4 is 23.1 Å². The number of anilines is 1. The topological polar surface area (TPSA) is 76.1 Å². The van der Waals surface area contributed by atoms with Crippen LogP contribution in [-0.4, -0.2) is 31.0 Å². The summed E-state index contributed by atoms with van der Waals surface area (Å²) in [6, 6.07) is 17.3. The van der Waals surface area contributed by atoms with E-state index < -0.39 is 17.7 Å². The molecule has 6 nitrogen and oxygen atoms in total. The monoisotopic (exact) mass is 457 g/mol. The van der Waals surface area contributed by atoms with Gasteiger partial charge >= 0.3 is 0 Å². The van der Waals surface area contributed by atoms with Gasteiger partial charge in [-0.3, -0.25) is 14.5 Å². The van der Waals surface area contributed by atoms with Crippen LogP contribution in [0.25, 0.3) is 5.76 Å². The number of rotatable bonds is 5. The van der Waals surface area contributed by atoms with Crippen molar-refractivity contribution < 1.29 is 24.2 Å². The van der Waals surface area contributed by atoms with Gasteiger partial charge in [-0.25, -0.2) is 0 Å². The zero-order valence-corrected chi connectivity index (χ0v) is 19.9. The lowest BCUT2D eigenvalue weighted by Crippen LogP contribution is -2.29. The molecule has 1 aliphatic heterocycles. The van der Waals surface area contributed by atoms with E-state index in [-0.39, 0.29) is 11.3 Å². The number of amides is 1. The molecule has 4 rings (SSSR count). The van der Waals surface area contributed by atoms with Crippen molar-refractivity contribution in [1.29, 1.82) is 0 Å².